The average molecular weight is 472 g/mol. The third-order valence-corrected chi connectivity index (χ3v) is 9.92. The van der Waals surface area contributed by atoms with E-state index in [1.807, 2.05) is 54.6 Å². The first kappa shape index (κ1) is 22.8. The summed E-state index contributed by atoms with van der Waals surface area (Å²) in [5, 5.41) is 16.5. The van der Waals surface area contributed by atoms with Crippen LogP contribution in [0.1, 0.15) is 5.56 Å². The molecule has 0 unspecified atom stereocenters. The summed E-state index contributed by atoms with van der Waals surface area (Å²) in [5.74, 6) is 0.330. The van der Waals surface area contributed by atoms with E-state index in [0.717, 1.165) is 15.9 Å². The number of hydrogen-bond donors (Lipinski definition) is 0. The first-order valence-corrected chi connectivity index (χ1v) is 12.7. The molecule has 33 heavy (non-hydrogen) atoms. The summed E-state index contributed by atoms with van der Waals surface area (Å²) in [6.45, 7) is 0. The number of nitrogens with zero attached hydrogens (tertiary/aromatic N) is 1. The number of methoxy groups -OCH3 is 1. The first-order valence-electron chi connectivity index (χ1n) is 10.5. The van der Waals surface area contributed by atoms with E-state index in [9.17, 15) is 5.11 Å². The highest BCUT2D eigenvalue weighted by Gasteiger charge is 2.50. The molecule has 0 aliphatic carbocycles. The van der Waals surface area contributed by atoms with Crippen molar-refractivity contribution in [3.63, 3.8) is 0 Å². The lowest BCUT2D eigenvalue weighted by molar-refractivity contribution is -0.212. The molecule has 0 saturated heterocycles. The molecule has 3 nitrogen and oxygen atoms in total. The number of aliphatic imine (C=N–C) groups is 1. The van der Waals surface area contributed by atoms with Crippen molar-refractivity contribution in [1.29, 1.82) is 0 Å². The van der Waals surface area contributed by atoms with E-state index in [2.05, 4.69) is 41.4 Å². The molecular formula is C28H23ClNO2P. The molecule has 0 spiro atoms. The van der Waals surface area contributed by atoms with Crippen LogP contribution in [0.5, 0.6) is 5.75 Å². The molecule has 0 aromatic heterocycles. The minimum atomic E-state index is -2.54. The van der Waals surface area contributed by atoms with Gasteiger partial charge in [0.05, 0.1) is 12.6 Å². The maximum absolute atomic E-state index is 13.3. The molecule has 0 bridgehead atoms. The van der Waals surface area contributed by atoms with Crippen LogP contribution in [-0.2, 0) is 0 Å². The number of halogens is 1. The number of benzene rings is 4. The fourth-order valence-electron chi connectivity index (χ4n) is 3.87. The van der Waals surface area contributed by atoms with E-state index in [4.69, 9.17) is 16.3 Å². The molecule has 0 aliphatic heterocycles. The molecule has 0 aliphatic rings. The number of rotatable bonds is 7. The topological polar surface area (TPSA) is 44.6 Å². The van der Waals surface area contributed by atoms with Gasteiger partial charge in [0.15, 0.2) is 7.26 Å². The number of ether oxygens (including phenoxy) is 1. The second kappa shape index (κ2) is 10.5. The summed E-state index contributed by atoms with van der Waals surface area (Å²) in [4.78, 5) is 4.62. The Morgan fingerprint density at radius 3 is 1.52 bits per heavy atom. The van der Waals surface area contributed by atoms with Crippen LogP contribution in [0.4, 0.5) is 0 Å². The Morgan fingerprint density at radius 2 is 1.15 bits per heavy atom. The highest BCUT2D eigenvalue weighted by Crippen LogP contribution is 2.63. The number of hydrogen-bond acceptors (Lipinski definition) is 3. The molecule has 0 fully saturated rings. The normalized spacial score (nSPS) is 12.4. The monoisotopic (exact) mass is 471 g/mol. The van der Waals surface area contributed by atoms with Crippen LogP contribution >= 0.6 is 18.9 Å². The van der Waals surface area contributed by atoms with Crippen LogP contribution in [0.2, 0.25) is 0 Å². The third kappa shape index (κ3) is 4.57. The fraction of sp³-hybridized carbons (Fsp3) is 0.0357. The highest BCUT2D eigenvalue weighted by atomic mass is 35.5. The molecule has 164 valence electrons. The van der Waals surface area contributed by atoms with Gasteiger partial charge >= 0.3 is 0 Å². The molecule has 0 N–H and O–H groups in total. The average Bonchev–Trinajstić information content (AvgIpc) is 2.90. The molecule has 0 atom stereocenters. The molecule has 0 heterocycles. The summed E-state index contributed by atoms with van der Waals surface area (Å²) in [5.41, 5.74) is 2.48. The van der Waals surface area contributed by atoms with Gasteiger partial charge in [0.25, 0.3) is 0 Å². The summed E-state index contributed by atoms with van der Waals surface area (Å²) < 4.78 is 5.21. The van der Waals surface area contributed by atoms with Gasteiger partial charge in [0, 0.05) is 0 Å². The van der Waals surface area contributed by atoms with E-state index in [-0.39, 0.29) is 5.90 Å². The SMILES string of the molecule is COc1ccc(C([O-])=NC(=CCl)[P+](c2ccccc2)(c2ccccc2)c2ccccc2)cc1. The van der Waals surface area contributed by atoms with Crippen molar-refractivity contribution in [2.24, 2.45) is 4.99 Å². The molecule has 4 aromatic carbocycles. The Kier molecular flexibility index (Phi) is 7.24. The quantitative estimate of drug-likeness (QED) is 0.220. The smallest absolute Gasteiger partial charge is 0.208 e. The van der Waals surface area contributed by atoms with Gasteiger partial charge in [0.1, 0.15) is 21.7 Å². The van der Waals surface area contributed by atoms with Crippen molar-refractivity contribution in [2.45, 2.75) is 0 Å². The molecule has 5 heteroatoms. The van der Waals surface area contributed by atoms with Crippen molar-refractivity contribution >= 4 is 40.7 Å². The summed E-state index contributed by atoms with van der Waals surface area (Å²) in [6.07, 6.45) is 0. The van der Waals surface area contributed by atoms with Crippen molar-refractivity contribution in [2.75, 3.05) is 7.11 Å². The third-order valence-electron chi connectivity index (χ3n) is 5.42. The standard InChI is InChI=1S/C28H23ClNO2P/c1-32-23-19-17-22(18-20-23)28(31)30-27(21-29)33(24-11-5-2-6-12-24,25-13-7-3-8-14-25)26-15-9-4-10-16-26/h2-21H,1H3. The van der Waals surface area contributed by atoms with Crippen molar-refractivity contribution in [1.82, 2.24) is 0 Å². The summed E-state index contributed by atoms with van der Waals surface area (Å²) >= 11 is 6.48. The Labute approximate surface area is 200 Å². The Bertz CT molecular complexity index is 1140. The van der Waals surface area contributed by atoms with Gasteiger partial charge in [0.2, 0.25) is 5.44 Å². The molecule has 0 radical (unpaired) electrons. The van der Waals surface area contributed by atoms with E-state index >= 15 is 0 Å². The zero-order valence-corrected chi connectivity index (χ0v) is 19.8. The molecule has 0 saturated carbocycles. The lowest BCUT2D eigenvalue weighted by Crippen LogP contribution is -2.33. The van der Waals surface area contributed by atoms with Crippen LogP contribution in [0.25, 0.3) is 0 Å². The van der Waals surface area contributed by atoms with E-state index in [0.29, 0.717) is 16.8 Å². The predicted octanol–water partition coefficient (Wildman–Crippen LogP) is 4.83. The summed E-state index contributed by atoms with van der Waals surface area (Å²) in [6, 6.07) is 37.4. The van der Waals surface area contributed by atoms with Crippen LogP contribution in [0.3, 0.4) is 0 Å². The van der Waals surface area contributed by atoms with Gasteiger partial charge in [-0.15, -0.1) is 0 Å². The Hall–Kier alpha value is -3.39. The minimum absolute atomic E-state index is 0.350. The second-order valence-corrected chi connectivity index (χ2v) is 10.9. The molecule has 4 rings (SSSR count). The van der Waals surface area contributed by atoms with E-state index < -0.39 is 7.26 Å². The minimum Gasteiger partial charge on any atom is -0.858 e. The van der Waals surface area contributed by atoms with Crippen LogP contribution in [0, 0.1) is 0 Å². The van der Waals surface area contributed by atoms with Crippen molar-refractivity contribution < 1.29 is 9.84 Å². The van der Waals surface area contributed by atoms with Crippen molar-refractivity contribution in [3.05, 3.63) is 132 Å². The van der Waals surface area contributed by atoms with Crippen LogP contribution in [-0.4, -0.2) is 13.0 Å². The van der Waals surface area contributed by atoms with Crippen molar-refractivity contribution in [3.8, 4) is 5.75 Å². The first-order chi connectivity index (χ1) is 16.2. The lowest BCUT2D eigenvalue weighted by Gasteiger charge is -2.28. The Morgan fingerprint density at radius 1 is 0.727 bits per heavy atom. The predicted molar refractivity (Wildman–Crippen MR) is 139 cm³/mol. The molecule has 0 amide bonds. The maximum atomic E-state index is 13.3. The van der Waals surface area contributed by atoms with Crippen LogP contribution in [0.15, 0.2) is 131 Å². The maximum Gasteiger partial charge on any atom is 0.208 e. The largest absolute Gasteiger partial charge is 0.858 e. The highest BCUT2D eigenvalue weighted by molar-refractivity contribution is 7.99. The van der Waals surface area contributed by atoms with E-state index in [1.165, 1.54) is 5.54 Å². The molecule has 4 aromatic rings. The van der Waals surface area contributed by atoms with Gasteiger partial charge in [-0.05, 0) is 60.0 Å². The zero-order valence-electron chi connectivity index (χ0n) is 18.1. The van der Waals surface area contributed by atoms with Gasteiger partial charge in [-0.3, -0.25) is 0 Å². The van der Waals surface area contributed by atoms with Gasteiger partial charge in [-0.1, -0.05) is 78.3 Å². The van der Waals surface area contributed by atoms with Gasteiger partial charge in [-0.25, -0.2) is 4.99 Å². The van der Waals surface area contributed by atoms with Gasteiger partial charge < -0.3 is 9.84 Å². The fourth-order valence-corrected chi connectivity index (χ4v) is 8.29. The van der Waals surface area contributed by atoms with Gasteiger partial charge in [-0.2, -0.15) is 0 Å². The second-order valence-electron chi connectivity index (χ2n) is 7.29. The zero-order chi connectivity index (χ0) is 23.1. The Balaban J connectivity index is 1.99. The molecular weight excluding hydrogens is 449 g/mol. The summed E-state index contributed by atoms with van der Waals surface area (Å²) in [7, 11) is -0.945. The van der Waals surface area contributed by atoms with Crippen LogP contribution < -0.4 is 25.8 Å². The van der Waals surface area contributed by atoms with E-state index in [1.54, 1.807) is 31.4 Å². The lowest BCUT2D eigenvalue weighted by atomic mass is 10.2.